The predicted molar refractivity (Wildman–Crippen MR) is 80.3 cm³/mol. The average Bonchev–Trinajstić information content (AvgIpc) is 2.76. The molecule has 0 fully saturated rings. The number of fused-ring (bicyclic) bond motifs is 1. The zero-order valence-corrected chi connectivity index (χ0v) is 12.9. The van der Waals surface area contributed by atoms with Gasteiger partial charge >= 0.3 is 0 Å². The standard InChI is InChI=1S/C15H26N2S/c1-11(2)14(10-17(3)4)16-13-6-5-7-15-12(13)8-9-18-15/h8-9,11,13-14,16H,5-7,10H2,1-4H3. The number of nitrogens with zero attached hydrogens (tertiary/aromatic N) is 1. The molecule has 18 heavy (non-hydrogen) atoms. The lowest BCUT2D eigenvalue weighted by Crippen LogP contribution is -2.44. The quantitative estimate of drug-likeness (QED) is 0.879. The van der Waals surface area contributed by atoms with Gasteiger partial charge in [-0.3, -0.25) is 0 Å². The van der Waals surface area contributed by atoms with Crippen LogP contribution in [-0.2, 0) is 6.42 Å². The highest BCUT2D eigenvalue weighted by Crippen LogP contribution is 2.33. The molecule has 0 spiro atoms. The lowest BCUT2D eigenvalue weighted by Gasteiger charge is -2.32. The fraction of sp³-hybridized carbons (Fsp3) is 0.733. The highest BCUT2D eigenvalue weighted by molar-refractivity contribution is 7.10. The molecule has 2 atom stereocenters. The second-order valence-corrected chi connectivity index (χ2v) is 7.02. The van der Waals surface area contributed by atoms with Crippen LogP contribution in [0.1, 0.15) is 43.2 Å². The summed E-state index contributed by atoms with van der Waals surface area (Å²) in [5.41, 5.74) is 1.57. The largest absolute Gasteiger partial charge is 0.308 e. The number of hydrogen-bond acceptors (Lipinski definition) is 3. The van der Waals surface area contributed by atoms with Crippen molar-refractivity contribution in [2.75, 3.05) is 20.6 Å². The number of nitrogens with one attached hydrogen (secondary N) is 1. The molecule has 2 nitrogen and oxygen atoms in total. The minimum absolute atomic E-state index is 0.576. The topological polar surface area (TPSA) is 15.3 Å². The van der Waals surface area contributed by atoms with E-state index in [1.54, 1.807) is 10.4 Å². The van der Waals surface area contributed by atoms with E-state index in [0.29, 0.717) is 18.0 Å². The molecule has 0 radical (unpaired) electrons. The van der Waals surface area contributed by atoms with E-state index in [2.05, 4.69) is 49.6 Å². The van der Waals surface area contributed by atoms with E-state index in [1.165, 1.54) is 19.3 Å². The number of thiophene rings is 1. The highest BCUT2D eigenvalue weighted by Gasteiger charge is 2.25. The van der Waals surface area contributed by atoms with Crippen LogP contribution in [-0.4, -0.2) is 31.6 Å². The molecule has 2 rings (SSSR count). The van der Waals surface area contributed by atoms with Crippen LogP contribution in [0, 0.1) is 5.92 Å². The molecule has 1 heterocycles. The summed E-state index contributed by atoms with van der Waals surface area (Å²) < 4.78 is 0. The van der Waals surface area contributed by atoms with E-state index in [-0.39, 0.29) is 0 Å². The second kappa shape index (κ2) is 6.18. The van der Waals surface area contributed by atoms with Gasteiger partial charge in [-0.15, -0.1) is 11.3 Å². The first-order valence-electron chi connectivity index (χ1n) is 7.05. The van der Waals surface area contributed by atoms with Crippen LogP contribution in [0.2, 0.25) is 0 Å². The Kier molecular flexibility index (Phi) is 4.82. The molecular formula is C15H26N2S. The summed E-state index contributed by atoms with van der Waals surface area (Å²) in [7, 11) is 4.32. The molecule has 0 amide bonds. The molecular weight excluding hydrogens is 240 g/mol. The van der Waals surface area contributed by atoms with Gasteiger partial charge in [-0.2, -0.15) is 0 Å². The smallest absolute Gasteiger partial charge is 0.0334 e. The molecule has 0 saturated heterocycles. The van der Waals surface area contributed by atoms with Crippen molar-refractivity contribution in [3.8, 4) is 0 Å². The van der Waals surface area contributed by atoms with Gasteiger partial charge in [0, 0.05) is 23.5 Å². The Hall–Kier alpha value is -0.380. The molecule has 0 aliphatic heterocycles. The van der Waals surface area contributed by atoms with Gasteiger partial charge in [0.1, 0.15) is 0 Å². The Bertz CT molecular complexity index is 370. The van der Waals surface area contributed by atoms with Crippen LogP contribution >= 0.6 is 11.3 Å². The normalized spacial score (nSPS) is 21.3. The maximum absolute atomic E-state index is 3.89. The third kappa shape index (κ3) is 3.34. The monoisotopic (exact) mass is 266 g/mol. The summed E-state index contributed by atoms with van der Waals surface area (Å²) in [4.78, 5) is 3.89. The maximum atomic E-state index is 3.89. The van der Waals surface area contributed by atoms with Crippen LogP contribution in [0.15, 0.2) is 11.4 Å². The second-order valence-electron chi connectivity index (χ2n) is 6.02. The molecule has 1 aromatic heterocycles. The van der Waals surface area contributed by atoms with Crippen LogP contribution in [0.5, 0.6) is 0 Å². The number of aryl methyl sites for hydroxylation is 1. The van der Waals surface area contributed by atoms with E-state index in [1.807, 2.05) is 11.3 Å². The van der Waals surface area contributed by atoms with Crippen molar-refractivity contribution in [3.63, 3.8) is 0 Å². The number of likely N-dealkylation sites (N-methyl/N-ethyl adjacent to an activating group) is 1. The highest BCUT2D eigenvalue weighted by atomic mass is 32.1. The molecule has 1 aliphatic carbocycles. The van der Waals surface area contributed by atoms with Gasteiger partial charge < -0.3 is 10.2 Å². The molecule has 2 unspecified atom stereocenters. The lowest BCUT2D eigenvalue weighted by atomic mass is 9.92. The van der Waals surface area contributed by atoms with Gasteiger partial charge in [-0.05, 0) is 56.3 Å². The zero-order chi connectivity index (χ0) is 13.1. The third-order valence-electron chi connectivity index (χ3n) is 3.83. The Morgan fingerprint density at radius 1 is 1.44 bits per heavy atom. The number of hydrogen-bond donors (Lipinski definition) is 1. The van der Waals surface area contributed by atoms with Crippen molar-refractivity contribution < 1.29 is 0 Å². The van der Waals surface area contributed by atoms with Gasteiger partial charge in [-0.25, -0.2) is 0 Å². The fourth-order valence-electron chi connectivity index (χ4n) is 2.77. The molecule has 0 saturated carbocycles. The Morgan fingerprint density at radius 3 is 2.89 bits per heavy atom. The van der Waals surface area contributed by atoms with Gasteiger partial charge in [0.2, 0.25) is 0 Å². The minimum atomic E-state index is 0.576. The lowest BCUT2D eigenvalue weighted by molar-refractivity contribution is 0.261. The zero-order valence-electron chi connectivity index (χ0n) is 12.1. The number of rotatable bonds is 5. The van der Waals surface area contributed by atoms with Crippen molar-refractivity contribution >= 4 is 11.3 Å². The summed E-state index contributed by atoms with van der Waals surface area (Å²) in [6, 6.07) is 3.48. The van der Waals surface area contributed by atoms with Crippen LogP contribution in [0.3, 0.4) is 0 Å². The van der Waals surface area contributed by atoms with Crippen LogP contribution in [0.4, 0.5) is 0 Å². The predicted octanol–water partition coefficient (Wildman–Crippen LogP) is 3.30. The van der Waals surface area contributed by atoms with E-state index < -0.39 is 0 Å². The van der Waals surface area contributed by atoms with Crippen molar-refractivity contribution in [1.82, 2.24) is 10.2 Å². The van der Waals surface area contributed by atoms with Gasteiger partial charge in [0.15, 0.2) is 0 Å². The first-order valence-corrected chi connectivity index (χ1v) is 7.93. The Morgan fingerprint density at radius 2 is 2.22 bits per heavy atom. The van der Waals surface area contributed by atoms with Gasteiger partial charge in [0.05, 0.1) is 0 Å². The fourth-order valence-corrected chi connectivity index (χ4v) is 3.75. The molecule has 0 aromatic carbocycles. The SMILES string of the molecule is CC(C)C(CN(C)C)NC1CCCc2sccc21. The van der Waals surface area contributed by atoms with Crippen molar-refractivity contribution in [1.29, 1.82) is 0 Å². The van der Waals surface area contributed by atoms with E-state index in [9.17, 15) is 0 Å². The third-order valence-corrected chi connectivity index (χ3v) is 4.83. The molecule has 1 aromatic rings. The summed E-state index contributed by atoms with van der Waals surface area (Å²) in [6.07, 6.45) is 3.91. The van der Waals surface area contributed by atoms with Crippen molar-refractivity contribution in [3.05, 3.63) is 21.9 Å². The summed E-state index contributed by atoms with van der Waals surface area (Å²) in [5, 5.41) is 6.15. The molecule has 102 valence electrons. The maximum Gasteiger partial charge on any atom is 0.0334 e. The Labute approximate surface area is 115 Å². The molecule has 1 N–H and O–H groups in total. The Balaban J connectivity index is 2.04. The molecule has 0 bridgehead atoms. The van der Waals surface area contributed by atoms with Gasteiger partial charge in [0.25, 0.3) is 0 Å². The van der Waals surface area contributed by atoms with E-state index in [0.717, 1.165) is 6.54 Å². The first kappa shape index (κ1) is 14.0. The van der Waals surface area contributed by atoms with Crippen LogP contribution in [0.25, 0.3) is 0 Å². The summed E-state index contributed by atoms with van der Waals surface area (Å²) >= 11 is 1.93. The van der Waals surface area contributed by atoms with Crippen molar-refractivity contribution in [2.24, 2.45) is 5.92 Å². The summed E-state index contributed by atoms with van der Waals surface area (Å²) in [6.45, 7) is 5.75. The van der Waals surface area contributed by atoms with E-state index in [4.69, 9.17) is 0 Å². The summed E-state index contributed by atoms with van der Waals surface area (Å²) in [5.74, 6) is 0.677. The molecule has 3 heteroatoms. The average molecular weight is 266 g/mol. The first-order chi connectivity index (χ1) is 8.58. The van der Waals surface area contributed by atoms with Crippen LogP contribution < -0.4 is 5.32 Å². The minimum Gasteiger partial charge on any atom is -0.308 e. The van der Waals surface area contributed by atoms with Crippen molar-refractivity contribution in [2.45, 2.75) is 45.2 Å². The molecule has 1 aliphatic rings. The van der Waals surface area contributed by atoms with E-state index >= 15 is 0 Å². The van der Waals surface area contributed by atoms with Gasteiger partial charge in [-0.1, -0.05) is 13.8 Å².